The van der Waals surface area contributed by atoms with Crippen molar-refractivity contribution in [1.82, 2.24) is 14.6 Å². The van der Waals surface area contributed by atoms with Crippen LogP contribution < -0.4 is 11.3 Å². The van der Waals surface area contributed by atoms with Crippen LogP contribution in [-0.4, -0.2) is 14.6 Å². The highest BCUT2D eigenvalue weighted by Gasteiger charge is 2.08. The Labute approximate surface area is 90.5 Å². The predicted molar refractivity (Wildman–Crippen MR) is 61.2 cm³/mol. The van der Waals surface area contributed by atoms with Crippen molar-refractivity contribution in [3.8, 4) is 0 Å². The molecule has 0 saturated carbocycles. The molecule has 16 heavy (non-hydrogen) atoms. The molecule has 1 aromatic carbocycles. The summed E-state index contributed by atoms with van der Waals surface area (Å²) in [6.07, 6.45) is 1.68. The number of rotatable bonds is 1. The fourth-order valence-electron chi connectivity index (χ4n) is 1.87. The van der Waals surface area contributed by atoms with E-state index in [1.165, 1.54) is 0 Å². The second-order valence-corrected chi connectivity index (χ2v) is 3.61. The number of nitrogens with two attached hydrogens (primary N) is 1. The van der Waals surface area contributed by atoms with Gasteiger partial charge in [-0.2, -0.15) is 5.10 Å². The number of nitrogens with zero attached hydrogens (tertiary/aromatic N) is 2. The molecule has 0 spiro atoms. The van der Waals surface area contributed by atoms with Gasteiger partial charge in [-0.25, -0.2) is 4.52 Å². The molecule has 3 aromatic rings. The maximum absolute atomic E-state index is 11.8. The molecule has 80 valence electrons. The topological polar surface area (TPSA) is 76.2 Å². The second-order valence-electron chi connectivity index (χ2n) is 3.61. The number of H-pyrrole nitrogens is 1. The maximum Gasteiger partial charge on any atom is 0.259 e. The normalized spacial score (nSPS) is 11.3. The van der Waals surface area contributed by atoms with Gasteiger partial charge in [-0.05, 0) is 12.1 Å². The molecule has 0 fully saturated rings. The largest absolute Gasteiger partial charge is 0.326 e. The zero-order valence-corrected chi connectivity index (χ0v) is 8.47. The van der Waals surface area contributed by atoms with Gasteiger partial charge in [0.2, 0.25) is 0 Å². The van der Waals surface area contributed by atoms with E-state index in [0.29, 0.717) is 17.6 Å². The zero-order valence-electron chi connectivity index (χ0n) is 8.47. The molecule has 3 N–H and O–H groups in total. The molecule has 5 nitrogen and oxygen atoms in total. The first-order valence-electron chi connectivity index (χ1n) is 4.99. The molecular weight excluding hydrogens is 204 g/mol. The average molecular weight is 214 g/mol. The summed E-state index contributed by atoms with van der Waals surface area (Å²) < 4.78 is 1.71. The molecule has 0 atom stereocenters. The molecule has 0 bridgehead atoms. The smallest absolute Gasteiger partial charge is 0.259 e. The summed E-state index contributed by atoms with van der Waals surface area (Å²) in [4.78, 5) is 14.6. The molecule has 0 amide bonds. The van der Waals surface area contributed by atoms with E-state index in [1.54, 1.807) is 16.8 Å². The Hall–Kier alpha value is -2.14. The van der Waals surface area contributed by atoms with Crippen LogP contribution in [0.4, 0.5) is 0 Å². The van der Waals surface area contributed by atoms with Gasteiger partial charge in [0.05, 0.1) is 17.1 Å². The minimum atomic E-state index is -0.113. The minimum Gasteiger partial charge on any atom is -0.326 e. The highest BCUT2D eigenvalue weighted by molar-refractivity contribution is 5.80. The average Bonchev–Trinajstić information content (AvgIpc) is 2.72. The third-order valence-electron chi connectivity index (χ3n) is 2.67. The molecule has 0 radical (unpaired) electrons. The SMILES string of the molecule is NCc1cnn2c1[nH]c(=O)c1ccccc12. The summed E-state index contributed by atoms with van der Waals surface area (Å²) in [6, 6.07) is 7.35. The number of benzene rings is 1. The van der Waals surface area contributed by atoms with Gasteiger partial charge in [0, 0.05) is 12.1 Å². The minimum absolute atomic E-state index is 0.113. The van der Waals surface area contributed by atoms with E-state index >= 15 is 0 Å². The van der Waals surface area contributed by atoms with Gasteiger partial charge in [-0.1, -0.05) is 12.1 Å². The van der Waals surface area contributed by atoms with Crippen LogP contribution in [-0.2, 0) is 6.54 Å². The van der Waals surface area contributed by atoms with Gasteiger partial charge in [0.25, 0.3) is 5.56 Å². The summed E-state index contributed by atoms with van der Waals surface area (Å²) >= 11 is 0. The number of hydrogen-bond donors (Lipinski definition) is 2. The Balaban J connectivity index is 2.60. The number of aromatic amines is 1. The Bertz CT molecular complexity index is 726. The highest BCUT2D eigenvalue weighted by atomic mass is 16.1. The first kappa shape index (κ1) is 9.11. The van der Waals surface area contributed by atoms with Crippen LogP contribution >= 0.6 is 0 Å². The third-order valence-corrected chi connectivity index (χ3v) is 2.67. The van der Waals surface area contributed by atoms with Crippen molar-refractivity contribution in [3.63, 3.8) is 0 Å². The molecule has 0 unspecified atom stereocenters. The van der Waals surface area contributed by atoms with Gasteiger partial charge in [0.1, 0.15) is 5.65 Å². The Morgan fingerprint density at radius 1 is 1.38 bits per heavy atom. The predicted octanol–water partition coefficient (Wildman–Crippen LogP) is 0.634. The first-order chi connectivity index (χ1) is 7.81. The van der Waals surface area contributed by atoms with Crippen LogP contribution in [0.3, 0.4) is 0 Å². The van der Waals surface area contributed by atoms with Crippen molar-refractivity contribution < 1.29 is 0 Å². The molecule has 0 aliphatic heterocycles. The summed E-state index contributed by atoms with van der Waals surface area (Å²) in [7, 11) is 0. The quantitative estimate of drug-likeness (QED) is 0.624. The maximum atomic E-state index is 11.8. The van der Waals surface area contributed by atoms with E-state index in [4.69, 9.17) is 5.73 Å². The molecule has 3 rings (SSSR count). The summed E-state index contributed by atoms with van der Waals surface area (Å²) in [5.74, 6) is 0. The van der Waals surface area contributed by atoms with Gasteiger partial charge < -0.3 is 10.7 Å². The summed E-state index contributed by atoms with van der Waals surface area (Å²) in [6.45, 7) is 0.359. The monoisotopic (exact) mass is 214 g/mol. The van der Waals surface area contributed by atoms with E-state index in [0.717, 1.165) is 11.1 Å². The molecular formula is C11H10N4O. The fourth-order valence-corrected chi connectivity index (χ4v) is 1.87. The van der Waals surface area contributed by atoms with Gasteiger partial charge in [-0.15, -0.1) is 0 Å². The zero-order chi connectivity index (χ0) is 11.1. The third kappa shape index (κ3) is 1.09. The number of hydrogen-bond acceptors (Lipinski definition) is 3. The van der Waals surface area contributed by atoms with Crippen LogP contribution in [0.15, 0.2) is 35.3 Å². The van der Waals surface area contributed by atoms with Gasteiger partial charge in [0.15, 0.2) is 0 Å². The number of fused-ring (bicyclic) bond motifs is 3. The van der Waals surface area contributed by atoms with E-state index in [-0.39, 0.29) is 5.56 Å². The van der Waals surface area contributed by atoms with E-state index < -0.39 is 0 Å². The molecule has 0 aliphatic carbocycles. The van der Waals surface area contributed by atoms with E-state index in [9.17, 15) is 4.79 Å². The van der Waals surface area contributed by atoms with Crippen molar-refractivity contribution in [2.45, 2.75) is 6.54 Å². The van der Waals surface area contributed by atoms with Crippen LogP contribution in [0.1, 0.15) is 5.56 Å². The van der Waals surface area contributed by atoms with Crippen molar-refractivity contribution in [3.05, 3.63) is 46.4 Å². The summed E-state index contributed by atoms with van der Waals surface area (Å²) in [5.41, 5.74) is 7.77. The molecule has 2 aromatic heterocycles. The van der Waals surface area contributed by atoms with Crippen molar-refractivity contribution >= 4 is 16.6 Å². The lowest BCUT2D eigenvalue weighted by Gasteiger charge is -2.01. The molecule has 0 saturated heterocycles. The number of aromatic nitrogens is 3. The van der Waals surface area contributed by atoms with Crippen molar-refractivity contribution in [2.75, 3.05) is 0 Å². The summed E-state index contributed by atoms with van der Waals surface area (Å²) in [5, 5.41) is 4.85. The highest BCUT2D eigenvalue weighted by Crippen LogP contribution is 2.13. The van der Waals surface area contributed by atoms with E-state index in [2.05, 4.69) is 10.1 Å². The van der Waals surface area contributed by atoms with Gasteiger partial charge >= 0.3 is 0 Å². The van der Waals surface area contributed by atoms with Crippen molar-refractivity contribution in [2.24, 2.45) is 5.73 Å². The lowest BCUT2D eigenvalue weighted by Crippen LogP contribution is -2.11. The Morgan fingerprint density at radius 2 is 2.19 bits per heavy atom. The number of para-hydroxylation sites is 1. The van der Waals surface area contributed by atoms with Gasteiger partial charge in [-0.3, -0.25) is 4.79 Å². The molecule has 2 heterocycles. The lowest BCUT2D eigenvalue weighted by atomic mass is 10.2. The standard InChI is InChI=1S/C11H10N4O/c12-5-7-6-13-15-9-4-2-1-3-8(9)11(16)14-10(7)15/h1-4,6H,5,12H2,(H,14,16). The van der Waals surface area contributed by atoms with Crippen LogP contribution in [0.25, 0.3) is 16.6 Å². The Kier molecular flexibility index (Phi) is 1.81. The fraction of sp³-hybridized carbons (Fsp3) is 0.0909. The number of nitrogens with one attached hydrogen (secondary N) is 1. The van der Waals surface area contributed by atoms with Crippen LogP contribution in [0, 0.1) is 0 Å². The van der Waals surface area contributed by atoms with Crippen LogP contribution in [0.2, 0.25) is 0 Å². The lowest BCUT2D eigenvalue weighted by molar-refractivity contribution is 0.977. The second kappa shape index (κ2) is 3.18. The Morgan fingerprint density at radius 3 is 3.00 bits per heavy atom. The first-order valence-corrected chi connectivity index (χ1v) is 4.99. The van der Waals surface area contributed by atoms with Crippen LogP contribution in [0.5, 0.6) is 0 Å². The molecule has 0 aliphatic rings. The molecule has 5 heteroatoms. The van der Waals surface area contributed by atoms with Crippen molar-refractivity contribution in [1.29, 1.82) is 0 Å². The van der Waals surface area contributed by atoms with E-state index in [1.807, 2.05) is 18.2 Å².